The van der Waals surface area contributed by atoms with Gasteiger partial charge in [-0.3, -0.25) is 9.20 Å². The first-order chi connectivity index (χ1) is 13.9. The molecule has 0 bridgehead atoms. The van der Waals surface area contributed by atoms with Gasteiger partial charge >= 0.3 is 0 Å². The summed E-state index contributed by atoms with van der Waals surface area (Å²) in [7, 11) is -3.78. The van der Waals surface area contributed by atoms with E-state index < -0.39 is 10.0 Å². The minimum atomic E-state index is -3.78. The Morgan fingerprint density at radius 3 is 2.48 bits per heavy atom. The smallest absolute Gasteiger partial charge is 0.269 e. The molecule has 0 N–H and O–H groups in total. The van der Waals surface area contributed by atoms with Gasteiger partial charge in [-0.25, -0.2) is 22.4 Å². The Balaban J connectivity index is 1.71. The molecule has 5 rings (SSSR count). The molecule has 148 valence electrons. The lowest BCUT2D eigenvalue weighted by molar-refractivity contribution is -0.117. The molecule has 1 saturated carbocycles. The van der Waals surface area contributed by atoms with Crippen molar-refractivity contribution in [3.63, 3.8) is 0 Å². The molecule has 4 aromatic rings. The lowest BCUT2D eigenvalue weighted by Gasteiger charge is -2.14. The molecule has 1 aliphatic rings. The Morgan fingerprint density at radius 2 is 1.79 bits per heavy atom. The standard InChI is InChI=1S/C21H20N4O3S/c1-13-3-5-16(6-4-13)29(27,28)24-8-7-18-21(24)23-12-20-22-11-19(25(18)20)17-10-15(26)9-14(17)2/h3-8,11-12,14,17H,9-10H2,1-2H3. The number of imidazole rings is 1. The SMILES string of the molecule is Cc1ccc(S(=O)(=O)n2ccc3c2ncc2ncc(C4CC(=O)CC4C)n23)cc1. The van der Waals surface area contributed by atoms with Crippen molar-refractivity contribution in [2.75, 3.05) is 0 Å². The Kier molecular flexibility index (Phi) is 3.89. The Hall–Kier alpha value is -3.00. The van der Waals surface area contributed by atoms with E-state index in [9.17, 15) is 13.2 Å². The zero-order valence-electron chi connectivity index (χ0n) is 16.1. The lowest BCUT2D eigenvalue weighted by Crippen LogP contribution is -2.13. The van der Waals surface area contributed by atoms with Crippen LogP contribution in [0.4, 0.5) is 0 Å². The van der Waals surface area contributed by atoms with Crippen molar-refractivity contribution < 1.29 is 13.2 Å². The van der Waals surface area contributed by atoms with Crippen molar-refractivity contribution in [3.05, 3.63) is 60.2 Å². The fourth-order valence-electron chi connectivity index (χ4n) is 4.25. The van der Waals surface area contributed by atoms with Gasteiger partial charge in [0.05, 0.1) is 16.6 Å². The van der Waals surface area contributed by atoms with Gasteiger partial charge in [-0.05, 0) is 31.0 Å². The second-order valence-corrected chi connectivity index (χ2v) is 9.62. The molecule has 3 heterocycles. The van der Waals surface area contributed by atoms with Gasteiger partial charge in [0.15, 0.2) is 11.3 Å². The van der Waals surface area contributed by atoms with Gasteiger partial charge in [0.25, 0.3) is 10.0 Å². The van der Waals surface area contributed by atoms with E-state index in [1.807, 2.05) is 11.3 Å². The first-order valence-electron chi connectivity index (χ1n) is 9.53. The molecule has 0 saturated heterocycles. The number of aryl methyl sites for hydroxylation is 1. The third-order valence-electron chi connectivity index (χ3n) is 5.81. The molecule has 8 heteroatoms. The molecule has 0 radical (unpaired) electrons. The molecular weight excluding hydrogens is 388 g/mol. The van der Waals surface area contributed by atoms with Crippen molar-refractivity contribution in [2.24, 2.45) is 5.92 Å². The molecule has 1 aromatic carbocycles. The topological polar surface area (TPSA) is 86.3 Å². The van der Waals surface area contributed by atoms with E-state index >= 15 is 0 Å². The number of carbonyl (C=O) groups is 1. The van der Waals surface area contributed by atoms with E-state index in [4.69, 9.17) is 0 Å². The first-order valence-corrected chi connectivity index (χ1v) is 11.0. The van der Waals surface area contributed by atoms with Crippen LogP contribution in [0.1, 0.15) is 36.9 Å². The van der Waals surface area contributed by atoms with Gasteiger partial charge in [0, 0.05) is 36.8 Å². The third kappa shape index (κ3) is 2.70. The molecule has 7 nitrogen and oxygen atoms in total. The third-order valence-corrected chi connectivity index (χ3v) is 7.49. The summed E-state index contributed by atoms with van der Waals surface area (Å²) in [6.45, 7) is 3.98. The Morgan fingerprint density at radius 1 is 1.03 bits per heavy atom. The number of nitrogens with zero attached hydrogens (tertiary/aromatic N) is 4. The van der Waals surface area contributed by atoms with Crippen LogP contribution in [0.5, 0.6) is 0 Å². The van der Waals surface area contributed by atoms with Crippen molar-refractivity contribution in [2.45, 2.75) is 37.5 Å². The maximum absolute atomic E-state index is 13.2. The van der Waals surface area contributed by atoms with Crippen LogP contribution in [0.25, 0.3) is 16.8 Å². The Bertz CT molecular complexity index is 1370. The molecule has 2 unspecified atom stereocenters. The number of Topliss-reactive ketones (excluding diaryl/α,β-unsaturated/α-hetero) is 1. The van der Waals surface area contributed by atoms with Crippen LogP contribution in [0.15, 0.2) is 53.8 Å². The number of carbonyl (C=O) groups excluding carboxylic acids is 1. The monoisotopic (exact) mass is 408 g/mol. The fraction of sp³-hybridized carbons (Fsp3) is 0.286. The average Bonchev–Trinajstić information content (AvgIpc) is 3.37. The van der Waals surface area contributed by atoms with Crippen LogP contribution in [0, 0.1) is 12.8 Å². The number of benzene rings is 1. The minimum absolute atomic E-state index is 0.0696. The highest BCUT2D eigenvalue weighted by Crippen LogP contribution is 2.38. The van der Waals surface area contributed by atoms with Crippen molar-refractivity contribution in [1.82, 2.24) is 18.3 Å². The summed E-state index contributed by atoms with van der Waals surface area (Å²) in [6, 6.07) is 8.49. The van der Waals surface area contributed by atoms with Crippen molar-refractivity contribution in [3.8, 4) is 0 Å². The maximum atomic E-state index is 13.2. The van der Waals surface area contributed by atoms with Crippen molar-refractivity contribution >= 4 is 32.6 Å². The molecule has 2 atom stereocenters. The first kappa shape index (κ1) is 18.1. The number of fused-ring (bicyclic) bond motifs is 3. The number of rotatable bonds is 3. The number of aromatic nitrogens is 4. The van der Waals surface area contributed by atoms with Crippen LogP contribution in [0.3, 0.4) is 0 Å². The van der Waals surface area contributed by atoms with Gasteiger partial charge in [0.2, 0.25) is 0 Å². The van der Waals surface area contributed by atoms with E-state index in [1.165, 1.54) is 10.2 Å². The van der Waals surface area contributed by atoms with E-state index in [0.29, 0.717) is 29.7 Å². The van der Waals surface area contributed by atoms with Crippen LogP contribution in [0.2, 0.25) is 0 Å². The fourth-order valence-corrected chi connectivity index (χ4v) is 5.55. The molecule has 0 spiro atoms. The quantitative estimate of drug-likeness (QED) is 0.519. The number of hydrogen-bond donors (Lipinski definition) is 0. The maximum Gasteiger partial charge on any atom is 0.269 e. The average molecular weight is 408 g/mol. The zero-order valence-corrected chi connectivity index (χ0v) is 16.9. The van der Waals surface area contributed by atoms with Gasteiger partial charge in [0.1, 0.15) is 5.78 Å². The van der Waals surface area contributed by atoms with Gasteiger partial charge in [-0.2, -0.15) is 0 Å². The predicted octanol–water partition coefficient (Wildman–Crippen LogP) is 3.31. The van der Waals surface area contributed by atoms with Gasteiger partial charge in [-0.1, -0.05) is 24.6 Å². The molecule has 0 amide bonds. The summed E-state index contributed by atoms with van der Waals surface area (Å²) in [6.07, 6.45) is 5.94. The van der Waals surface area contributed by atoms with Crippen LogP contribution < -0.4 is 0 Å². The highest BCUT2D eigenvalue weighted by Gasteiger charge is 2.33. The minimum Gasteiger partial charge on any atom is -0.300 e. The van der Waals surface area contributed by atoms with Crippen LogP contribution in [-0.4, -0.2) is 32.5 Å². The highest BCUT2D eigenvalue weighted by atomic mass is 32.2. The molecule has 0 aliphatic heterocycles. The second-order valence-electron chi connectivity index (χ2n) is 7.80. The summed E-state index contributed by atoms with van der Waals surface area (Å²) in [5.41, 5.74) is 3.57. The van der Waals surface area contributed by atoms with E-state index in [-0.39, 0.29) is 22.5 Å². The molecular formula is C21H20N4O3S. The predicted molar refractivity (Wildman–Crippen MR) is 108 cm³/mol. The van der Waals surface area contributed by atoms with Crippen molar-refractivity contribution in [1.29, 1.82) is 0 Å². The Labute approximate surface area is 168 Å². The van der Waals surface area contributed by atoms with E-state index in [1.54, 1.807) is 42.7 Å². The number of hydrogen-bond acceptors (Lipinski definition) is 5. The molecule has 1 aliphatic carbocycles. The summed E-state index contributed by atoms with van der Waals surface area (Å²) in [5.74, 6) is 0.548. The van der Waals surface area contributed by atoms with Gasteiger partial charge < -0.3 is 0 Å². The van der Waals surface area contributed by atoms with E-state index in [2.05, 4.69) is 16.9 Å². The second kappa shape index (κ2) is 6.25. The summed E-state index contributed by atoms with van der Waals surface area (Å²) in [4.78, 5) is 21.0. The number of ketones is 1. The van der Waals surface area contributed by atoms with Gasteiger partial charge in [-0.15, -0.1) is 0 Å². The summed E-state index contributed by atoms with van der Waals surface area (Å²) in [5, 5.41) is 0. The lowest BCUT2D eigenvalue weighted by atomic mass is 9.95. The summed E-state index contributed by atoms with van der Waals surface area (Å²) >= 11 is 0. The van der Waals surface area contributed by atoms with Crippen LogP contribution >= 0.6 is 0 Å². The zero-order chi connectivity index (χ0) is 20.3. The molecule has 1 fully saturated rings. The molecule has 29 heavy (non-hydrogen) atoms. The summed E-state index contributed by atoms with van der Waals surface area (Å²) < 4.78 is 29.5. The highest BCUT2D eigenvalue weighted by molar-refractivity contribution is 7.90. The normalized spacial score (nSPS) is 20.1. The molecule has 3 aromatic heterocycles. The van der Waals surface area contributed by atoms with Crippen LogP contribution in [-0.2, 0) is 14.8 Å². The van der Waals surface area contributed by atoms with E-state index in [0.717, 1.165) is 11.3 Å². The largest absolute Gasteiger partial charge is 0.300 e.